The summed E-state index contributed by atoms with van der Waals surface area (Å²) >= 11 is 0. The Hall–Kier alpha value is -4.02. The molecule has 3 rings (SSSR count). The number of aromatic amines is 1. The van der Waals surface area contributed by atoms with Crippen molar-refractivity contribution in [3.63, 3.8) is 0 Å². The quantitative estimate of drug-likeness (QED) is 0.481. The number of carbonyl (C=O) groups is 1. The Morgan fingerprint density at radius 3 is 2.65 bits per heavy atom. The third-order valence-corrected chi connectivity index (χ3v) is 5.01. The number of unbranched alkanes of at least 4 members (excludes halogenated alkanes) is 1. The Kier molecular flexibility index (Phi) is 7.44. The van der Waals surface area contributed by atoms with Crippen LogP contribution in [0.2, 0.25) is 0 Å². The zero-order valence-corrected chi connectivity index (χ0v) is 18.3. The predicted octanol–water partition coefficient (Wildman–Crippen LogP) is 3.78. The molecule has 2 heterocycles. The average molecular weight is 476 g/mol. The highest BCUT2D eigenvalue weighted by Crippen LogP contribution is 2.30. The molecule has 0 atom stereocenters. The fourth-order valence-electron chi connectivity index (χ4n) is 3.28. The van der Waals surface area contributed by atoms with Gasteiger partial charge < -0.3 is 10.2 Å². The molecule has 0 aliphatic heterocycles. The molecule has 11 heteroatoms. The second-order valence-electron chi connectivity index (χ2n) is 7.46. The first-order chi connectivity index (χ1) is 16.1. The van der Waals surface area contributed by atoms with Crippen molar-refractivity contribution in [3.05, 3.63) is 86.5 Å². The second kappa shape index (κ2) is 10.3. The minimum Gasteiger partial charge on any atom is -0.467 e. The first-order valence-corrected chi connectivity index (χ1v) is 10.4. The van der Waals surface area contributed by atoms with Gasteiger partial charge in [-0.25, -0.2) is 4.79 Å². The van der Waals surface area contributed by atoms with Crippen LogP contribution >= 0.6 is 0 Å². The molecule has 1 aromatic carbocycles. The highest BCUT2D eigenvalue weighted by atomic mass is 19.4. The molecule has 3 aromatic rings. The summed E-state index contributed by atoms with van der Waals surface area (Å²) in [5.74, 6) is -0.618. The number of amides is 1. The number of hydrogen-bond donors (Lipinski definition) is 2. The van der Waals surface area contributed by atoms with Crippen molar-refractivity contribution in [2.24, 2.45) is 0 Å². The van der Waals surface area contributed by atoms with Crippen molar-refractivity contribution in [1.29, 1.82) is 0 Å². The standard InChI is InChI=1S/C23H23F3N4O4/c1-2-3-11-29-20(27)19(21(32)28-22(29)33)30(14-17-8-5-12-34-17)18(31)10-9-15-6-4-7-16(13-15)23(24,25)26/h4-10,12-13H,2-3,11,14,27H2,1H3,(H,28,32,33)/b10-9+. The van der Waals surface area contributed by atoms with E-state index < -0.39 is 28.9 Å². The summed E-state index contributed by atoms with van der Waals surface area (Å²) in [6.45, 7) is 1.95. The van der Waals surface area contributed by atoms with Crippen molar-refractivity contribution in [3.8, 4) is 0 Å². The maximum atomic E-state index is 13.1. The van der Waals surface area contributed by atoms with Crippen LogP contribution < -0.4 is 21.9 Å². The number of H-pyrrole nitrogens is 1. The predicted molar refractivity (Wildman–Crippen MR) is 121 cm³/mol. The maximum Gasteiger partial charge on any atom is 0.416 e. The number of furan rings is 1. The van der Waals surface area contributed by atoms with E-state index in [1.807, 2.05) is 6.92 Å². The molecule has 3 N–H and O–H groups in total. The van der Waals surface area contributed by atoms with Gasteiger partial charge >= 0.3 is 11.9 Å². The molecule has 0 saturated carbocycles. The number of alkyl halides is 3. The number of nitrogens with zero attached hydrogens (tertiary/aromatic N) is 2. The summed E-state index contributed by atoms with van der Waals surface area (Å²) < 4.78 is 45.4. The summed E-state index contributed by atoms with van der Waals surface area (Å²) in [6.07, 6.45) is 0.439. The van der Waals surface area contributed by atoms with Gasteiger partial charge in [-0.3, -0.25) is 24.0 Å². The lowest BCUT2D eigenvalue weighted by molar-refractivity contribution is -0.137. The van der Waals surface area contributed by atoms with Gasteiger partial charge in [0.25, 0.3) is 11.5 Å². The smallest absolute Gasteiger partial charge is 0.416 e. The van der Waals surface area contributed by atoms with Crippen molar-refractivity contribution < 1.29 is 22.4 Å². The van der Waals surface area contributed by atoms with E-state index in [1.54, 1.807) is 12.1 Å². The van der Waals surface area contributed by atoms with Crippen LogP contribution in [0.4, 0.5) is 24.7 Å². The van der Waals surface area contributed by atoms with Crippen molar-refractivity contribution in [2.45, 2.75) is 39.0 Å². The summed E-state index contributed by atoms with van der Waals surface area (Å²) in [5, 5.41) is 0. The lowest BCUT2D eigenvalue weighted by atomic mass is 10.1. The highest BCUT2D eigenvalue weighted by molar-refractivity contribution is 6.05. The van der Waals surface area contributed by atoms with E-state index in [1.165, 1.54) is 29.0 Å². The molecular weight excluding hydrogens is 453 g/mol. The zero-order chi connectivity index (χ0) is 24.9. The summed E-state index contributed by atoms with van der Waals surface area (Å²) in [7, 11) is 0. The van der Waals surface area contributed by atoms with Crippen LogP contribution in [0.15, 0.2) is 62.7 Å². The van der Waals surface area contributed by atoms with E-state index in [4.69, 9.17) is 10.2 Å². The number of anilines is 2. The molecule has 0 unspecified atom stereocenters. The molecule has 0 fully saturated rings. The maximum absolute atomic E-state index is 13.1. The summed E-state index contributed by atoms with van der Waals surface area (Å²) in [4.78, 5) is 41.2. The lowest BCUT2D eigenvalue weighted by Crippen LogP contribution is -2.40. The number of hydrogen-bond acceptors (Lipinski definition) is 5. The number of benzene rings is 1. The van der Waals surface area contributed by atoms with E-state index in [2.05, 4.69) is 4.98 Å². The van der Waals surface area contributed by atoms with Gasteiger partial charge in [-0.1, -0.05) is 25.5 Å². The molecule has 0 radical (unpaired) electrons. The number of carbonyl (C=O) groups excluding carboxylic acids is 1. The highest BCUT2D eigenvalue weighted by Gasteiger charge is 2.30. The molecule has 2 aromatic heterocycles. The number of nitrogens with one attached hydrogen (secondary N) is 1. The topological polar surface area (TPSA) is 114 Å². The van der Waals surface area contributed by atoms with Gasteiger partial charge in [0.05, 0.1) is 18.4 Å². The molecule has 180 valence electrons. The average Bonchev–Trinajstić information content (AvgIpc) is 3.29. The van der Waals surface area contributed by atoms with Gasteiger partial charge in [0.1, 0.15) is 11.6 Å². The van der Waals surface area contributed by atoms with Crippen LogP contribution in [0.3, 0.4) is 0 Å². The Balaban J connectivity index is 2.03. The third kappa shape index (κ3) is 5.66. The van der Waals surface area contributed by atoms with Gasteiger partial charge in [0, 0.05) is 12.6 Å². The number of nitrogens with two attached hydrogens (primary N) is 1. The van der Waals surface area contributed by atoms with Crippen LogP contribution in [0, 0.1) is 0 Å². The van der Waals surface area contributed by atoms with Crippen LogP contribution in [-0.4, -0.2) is 15.5 Å². The normalized spacial score (nSPS) is 11.8. The molecule has 0 spiro atoms. The van der Waals surface area contributed by atoms with E-state index in [0.717, 1.165) is 29.5 Å². The summed E-state index contributed by atoms with van der Waals surface area (Å²) in [6, 6.07) is 7.61. The van der Waals surface area contributed by atoms with E-state index in [0.29, 0.717) is 12.2 Å². The van der Waals surface area contributed by atoms with E-state index in [9.17, 15) is 27.6 Å². The Labute approximate surface area is 192 Å². The molecule has 8 nitrogen and oxygen atoms in total. The van der Waals surface area contributed by atoms with Crippen LogP contribution in [-0.2, 0) is 24.1 Å². The fraction of sp³-hybridized carbons (Fsp3) is 0.261. The van der Waals surface area contributed by atoms with Gasteiger partial charge in [0.2, 0.25) is 0 Å². The number of aromatic nitrogens is 2. The molecule has 0 aliphatic carbocycles. The minimum absolute atomic E-state index is 0.135. The zero-order valence-electron chi connectivity index (χ0n) is 18.3. The second-order valence-corrected chi connectivity index (χ2v) is 7.46. The SMILES string of the molecule is CCCCn1c(N)c(N(Cc2ccco2)C(=O)/C=C/c2cccc(C(F)(F)F)c2)c(=O)[nH]c1=O. The molecule has 0 bridgehead atoms. The van der Waals surface area contributed by atoms with Gasteiger partial charge in [-0.2, -0.15) is 13.2 Å². The van der Waals surface area contributed by atoms with E-state index >= 15 is 0 Å². The van der Waals surface area contributed by atoms with Gasteiger partial charge in [-0.05, 0) is 42.3 Å². The molecule has 1 amide bonds. The third-order valence-electron chi connectivity index (χ3n) is 5.01. The van der Waals surface area contributed by atoms with Crippen molar-refractivity contribution >= 4 is 23.5 Å². The minimum atomic E-state index is -4.53. The Morgan fingerprint density at radius 1 is 1.24 bits per heavy atom. The van der Waals surface area contributed by atoms with Crippen LogP contribution in [0.25, 0.3) is 6.08 Å². The molecular formula is C23H23F3N4O4. The monoisotopic (exact) mass is 476 g/mol. The summed E-state index contributed by atoms with van der Waals surface area (Å²) in [5.41, 5.74) is 3.57. The number of rotatable bonds is 8. The Bertz CT molecular complexity index is 1290. The molecule has 0 aliphatic rings. The molecule has 0 saturated heterocycles. The number of nitrogen functional groups attached to an aromatic ring is 1. The van der Waals surface area contributed by atoms with Crippen molar-refractivity contribution in [2.75, 3.05) is 10.6 Å². The largest absolute Gasteiger partial charge is 0.467 e. The Morgan fingerprint density at radius 2 is 2.00 bits per heavy atom. The lowest BCUT2D eigenvalue weighted by Gasteiger charge is -2.22. The van der Waals surface area contributed by atoms with Crippen molar-refractivity contribution in [1.82, 2.24) is 9.55 Å². The van der Waals surface area contributed by atoms with Gasteiger partial charge in [-0.15, -0.1) is 0 Å². The first-order valence-electron chi connectivity index (χ1n) is 10.4. The van der Waals surface area contributed by atoms with Crippen LogP contribution in [0.5, 0.6) is 0 Å². The molecule has 34 heavy (non-hydrogen) atoms. The number of halogens is 3. The van der Waals surface area contributed by atoms with Gasteiger partial charge in [0.15, 0.2) is 5.69 Å². The fourth-order valence-corrected chi connectivity index (χ4v) is 3.28. The first kappa shape index (κ1) is 24.6. The van der Waals surface area contributed by atoms with E-state index in [-0.39, 0.29) is 30.2 Å². The van der Waals surface area contributed by atoms with Crippen LogP contribution in [0.1, 0.15) is 36.7 Å².